The number of amides is 3. The van der Waals surface area contributed by atoms with Crippen LogP contribution in [0.3, 0.4) is 0 Å². The van der Waals surface area contributed by atoms with Gasteiger partial charge in [0, 0.05) is 5.56 Å². The van der Waals surface area contributed by atoms with Crippen molar-refractivity contribution in [1.82, 2.24) is 10.6 Å². The van der Waals surface area contributed by atoms with Crippen molar-refractivity contribution in [3.63, 3.8) is 0 Å². The highest BCUT2D eigenvalue weighted by Gasteiger charge is 2.44. The van der Waals surface area contributed by atoms with E-state index in [1.807, 2.05) is 10.6 Å². The Morgan fingerprint density at radius 1 is 1.04 bits per heavy atom. The van der Waals surface area contributed by atoms with Crippen LogP contribution < -0.4 is 10.6 Å². The molecule has 1 aromatic carbocycles. The van der Waals surface area contributed by atoms with Gasteiger partial charge in [-0.15, -0.1) is 0 Å². The average molecular weight is 394 g/mol. The highest BCUT2D eigenvalue weighted by Crippen LogP contribution is 2.29. The van der Waals surface area contributed by atoms with Crippen molar-refractivity contribution in [3.8, 4) is 0 Å². The predicted molar refractivity (Wildman–Crippen MR) is 81.2 cm³/mol. The van der Waals surface area contributed by atoms with E-state index < -0.39 is 60.9 Å². The number of hydrogen-bond donors (Lipinski definition) is 6. The molecule has 1 aliphatic heterocycles. The first kappa shape index (κ1) is 21.1. The van der Waals surface area contributed by atoms with Crippen LogP contribution in [0.5, 0.6) is 0 Å². The summed E-state index contributed by atoms with van der Waals surface area (Å²) in [7, 11) is 0. The SMILES string of the molecule is O=C(NC(=O)c1ccc(C(F)(F)F)cc1)N[C@@H]1O[C@H](CO)[C@@H](O)[C@H](O)[C@H]1O. The van der Waals surface area contributed by atoms with Gasteiger partial charge in [-0.2, -0.15) is 13.2 Å². The minimum Gasteiger partial charge on any atom is -0.394 e. The first-order valence-electron chi connectivity index (χ1n) is 7.64. The van der Waals surface area contributed by atoms with Gasteiger partial charge in [-0.1, -0.05) is 0 Å². The monoisotopic (exact) mass is 394 g/mol. The van der Waals surface area contributed by atoms with E-state index in [2.05, 4.69) is 0 Å². The van der Waals surface area contributed by atoms with Gasteiger partial charge in [-0.3, -0.25) is 10.1 Å². The van der Waals surface area contributed by atoms with Gasteiger partial charge in [0.1, 0.15) is 24.4 Å². The van der Waals surface area contributed by atoms with Gasteiger partial charge in [0.25, 0.3) is 5.91 Å². The summed E-state index contributed by atoms with van der Waals surface area (Å²) in [6.07, 6.45) is -12.5. The standard InChI is InChI=1S/C15H17F3N2O7/c16-15(17,18)7-3-1-6(2-4-7)12(25)19-14(26)20-13-11(24)10(23)9(22)8(5-21)27-13/h1-4,8-11,13,21-24H,5H2,(H2,19,20,25,26)/t8-,9-,10+,11-,13-/m1/s1. The molecule has 0 spiro atoms. The zero-order valence-corrected chi connectivity index (χ0v) is 13.6. The van der Waals surface area contributed by atoms with Gasteiger partial charge in [-0.05, 0) is 24.3 Å². The van der Waals surface area contributed by atoms with E-state index >= 15 is 0 Å². The Bertz CT molecular complexity index is 681. The number of halogens is 3. The summed E-state index contributed by atoms with van der Waals surface area (Å²) < 4.78 is 42.5. The van der Waals surface area contributed by atoms with Crippen LogP contribution in [-0.2, 0) is 10.9 Å². The van der Waals surface area contributed by atoms with Gasteiger partial charge < -0.3 is 30.5 Å². The molecule has 1 aromatic rings. The Kier molecular flexibility index (Phi) is 6.38. The quantitative estimate of drug-likeness (QED) is 0.383. The Hall–Kier alpha value is -2.25. The van der Waals surface area contributed by atoms with Crippen LogP contribution in [0.25, 0.3) is 0 Å². The molecule has 27 heavy (non-hydrogen) atoms. The lowest BCUT2D eigenvalue weighted by atomic mass is 9.98. The molecule has 9 nitrogen and oxygen atoms in total. The lowest BCUT2D eigenvalue weighted by molar-refractivity contribution is -0.233. The summed E-state index contributed by atoms with van der Waals surface area (Å²) in [6, 6.07) is 1.91. The van der Waals surface area contributed by atoms with E-state index in [1.165, 1.54) is 0 Å². The third-order valence-electron chi connectivity index (χ3n) is 3.87. The van der Waals surface area contributed by atoms with Crippen LogP contribution in [0, 0.1) is 0 Å². The highest BCUT2D eigenvalue weighted by atomic mass is 19.4. The van der Waals surface area contributed by atoms with Crippen LogP contribution in [0.2, 0.25) is 0 Å². The summed E-state index contributed by atoms with van der Waals surface area (Å²) in [6.45, 7) is -0.713. The maximum Gasteiger partial charge on any atom is 0.416 e. The van der Waals surface area contributed by atoms with Gasteiger partial charge in [0.05, 0.1) is 12.2 Å². The molecule has 6 N–H and O–H groups in total. The zero-order chi connectivity index (χ0) is 20.4. The minimum atomic E-state index is -4.57. The summed E-state index contributed by atoms with van der Waals surface area (Å²) in [5.74, 6) is -1.02. The van der Waals surface area contributed by atoms with E-state index in [0.29, 0.717) is 12.1 Å². The fourth-order valence-corrected chi connectivity index (χ4v) is 2.37. The molecule has 5 atom stereocenters. The molecular formula is C15H17F3N2O7. The van der Waals surface area contributed by atoms with Crippen LogP contribution in [-0.4, -0.2) is 69.6 Å². The zero-order valence-electron chi connectivity index (χ0n) is 13.6. The van der Waals surface area contributed by atoms with Crippen molar-refractivity contribution in [1.29, 1.82) is 0 Å². The lowest BCUT2D eigenvalue weighted by Crippen LogP contribution is -2.64. The molecule has 3 amide bonds. The average Bonchev–Trinajstić information content (AvgIpc) is 2.61. The van der Waals surface area contributed by atoms with E-state index in [1.54, 1.807) is 0 Å². The second kappa shape index (κ2) is 8.19. The molecule has 0 bridgehead atoms. The lowest BCUT2D eigenvalue weighted by Gasteiger charge is -2.39. The number of imide groups is 1. The maximum absolute atomic E-state index is 12.5. The van der Waals surface area contributed by atoms with Crippen molar-refractivity contribution < 1.29 is 47.9 Å². The number of benzene rings is 1. The fraction of sp³-hybridized carbons (Fsp3) is 0.467. The number of rotatable bonds is 3. The topological polar surface area (TPSA) is 148 Å². The predicted octanol–water partition coefficient (Wildman–Crippen LogP) is -1.06. The van der Waals surface area contributed by atoms with Crippen molar-refractivity contribution in [2.75, 3.05) is 6.61 Å². The Balaban J connectivity index is 1.97. The van der Waals surface area contributed by atoms with E-state index in [4.69, 9.17) is 9.84 Å². The summed E-state index contributed by atoms with van der Waals surface area (Å²) in [5.41, 5.74) is -1.20. The normalized spacial score (nSPS) is 28.5. The van der Waals surface area contributed by atoms with E-state index in [9.17, 15) is 38.1 Å². The summed E-state index contributed by atoms with van der Waals surface area (Å²) >= 11 is 0. The molecule has 1 saturated heterocycles. The molecule has 1 fully saturated rings. The molecule has 12 heteroatoms. The molecule has 0 radical (unpaired) electrons. The fourth-order valence-electron chi connectivity index (χ4n) is 2.37. The number of hydrogen-bond acceptors (Lipinski definition) is 7. The number of aliphatic hydroxyl groups is 4. The van der Waals surface area contributed by atoms with Crippen molar-refractivity contribution in [3.05, 3.63) is 35.4 Å². The van der Waals surface area contributed by atoms with Crippen molar-refractivity contribution in [2.24, 2.45) is 0 Å². The third-order valence-corrected chi connectivity index (χ3v) is 3.87. The minimum absolute atomic E-state index is 0.230. The molecular weight excluding hydrogens is 377 g/mol. The summed E-state index contributed by atoms with van der Waals surface area (Å²) in [5, 5.41) is 41.9. The first-order chi connectivity index (χ1) is 12.5. The number of ether oxygens (including phenoxy) is 1. The van der Waals surface area contributed by atoms with E-state index in [-0.39, 0.29) is 5.56 Å². The van der Waals surface area contributed by atoms with Gasteiger partial charge >= 0.3 is 12.2 Å². The smallest absolute Gasteiger partial charge is 0.394 e. The van der Waals surface area contributed by atoms with Crippen LogP contribution in [0.15, 0.2) is 24.3 Å². The molecule has 150 valence electrons. The number of nitrogens with one attached hydrogen (secondary N) is 2. The maximum atomic E-state index is 12.5. The Labute approximate surface area is 150 Å². The molecule has 0 aliphatic carbocycles. The van der Waals surface area contributed by atoms with Crippen LogP contribution >= 0.6 is 0 Å². The number of alkyl halides is 3. The second-order valence-electron chi connectivity index (χ2n) is 5.75. The Morgan fingerprint density at radius 3 is 2.15 bits per heavy atom. The van der Waals surface area contributed by atoms with Crippen molar-refractivity contribution >= 4 is 11.9 Å². The van der Waals surface area contributed by atoms with Gasteiger partial charge in [0.2, 0.25) is 0 Å². The number of carbonyl (C=O) groups is 2. The molecule has 1 heterocycles. The largest absolute Gasteiger partial charge is 0.416 e. The number of urea groups is 1. The van der Waals surface area contributed by atoms with Crippen LogP contribution in [0.1, 0.15) is 15.9 Å². The molecule has 1 aliphatic rings. The number of carbonyl (C=O) groups excluding carboxylic acids is 2. The molecule has 0 saturated carbocycles. The van der Waals surface area contributed by atoms with Crippen molar-refractivity contribution in [2.45, 2.75) is 36.8 Å². The first-order valence-corrected chi connectivity index (χ1v) is 7.64. The summed E-state index contributed by atoms with van der Waals surface area (Å²) in [4.78, 5) is 23.7. The van der Waals surface area contributed by atoms with E-state index in [0.717, 1.165) is 12.1 Å². The third kappa shape index (κ3) is 4.93. The second-order valence-corrected chi connectivity index (χ2v) is 5.75. The molecule has 0 unspecified atom stereocenters. The molecule has 0 aromatic heterocycles. The highest BCUT2D eigenvalue weighted by molar-refractivity contribution is 6.04. The Morgan fingerprint density at radius 2 is 1.63 bits per heavy atom. The van der Waals surface area contributed by atoms with Crippen LogP contribution in [0.4, 0.5) is 18.0 Å². The van der Waals surface area contributed by atoms with Gasteiger partial charge in [-0.25, -0.2) is 4.79 Å². The number of aliphatic hydroxyl groups excluding tert-OH is 4. The molecule has 2 rings (SSSR count). The van der Waals surface area contributed by atoms with Gasteiger partial charge in [0.15, 0.2) is 6.23 Å².